The van der Waals surface area contributed by atoms with Gasteiger partial charge in [-0.05, 0) is 44.4 Å². The van der Waals surface area contributed by atoms with Crippen LogP contribution >= 0.6 is 0 Å². The van der Waals surface area contributed by atoms with E-state index in [0.717, 1.165) is 38.7 Å². The van der Waals surface area contributed by atoms with E-state index in [4.69, 9.17) is 0 Å². The largest absolute Gasteiger partial charge is 0.272 e. The number of nitrogens with one attached hydrogen (secondary N) is 1. The third-order valence-electron chi connectivity index (χ3n) is 3.99. The maximum atomic E-state index is 12.2. The highest BCUT2D eigenvalue weighted by molar-refractivity contribution is 5.98. The average molecular weight is 278 g/mol. The highest BCUT2D eigenvalue weighted by atomic mass is 16.1. The molecule has 106 valence electrons. The van der Waals surface area contributed by atoms with Crippen LogP contribution in [0.25, 0.3) is 22.0 Å². The summed E-state index contributed by atoms with van der Waals surface area (Å²) in [7, 11) is 0. The molecule has 0 radical (unpaired) electrons. The lowest BCUT2D eigenvalue weighted by molar-refractivity contribution is 1.01. The molecule has 0 spiro atoms. The topological polar surface area (TPSA) is 45.8 Å². The Morgan fingerprint density at radius 1 is 0.857 bits per heavy atom. The standard InChI is InChI=1S/C18H18N2O/c1-10-5-8-14(13(4)9-10)17-15-11(2)6-7-12(3)16(15)18(21)20-19-17/h5-9H,1-4H3,(H,20,21). The van der Waals surface area contributed by atoms with Crippen molar-refractivity contribution in [3.8, 4) is 11.3 Å². The smallest absolute Gasteiger partial charge is 0.267 e. The molecule has 0 aliphatic carbocycles. The van der Waals surface area contributed by atoms with Gasteiger partial charge in [0.15, 0.2) is 0 Å². The summed E-state index contributed by atoms with van der Waals surface area (Å²) in [4.78, 5) is 12.2. The van der Waals surface area contributed by atoms with Gasteiger partial charge in [-0.15, -0.1) is 0 Å². The predicted molar refractivity (Wildman–Crippen MR) is 86.7 cm³/mol. The summed E-state index contributed by atoms with van der Waals surface area (Å²) in [5.74, 6) is 0. The summed E-state index contributed by atoms with van der Waals surface area (Å²) in [6.45, 7) is 8.13. The summed E-state index contributed by atoms with van der Waals surface area (Å²) >= 11 is 0. The van der Waals surface area contributed by atoms with Gasteiger partial charge < -0.3 is 0 Å². The van der Waals surface area contributed by atoms with Crippen molar-refractivity contribution >= 4 is 10.8 Å². The number of aryl methyl sites for hydroxylation is 4. The molecule has 2 aromatic carbocycles. The fourth-order valence-electron chi connectivity index (χ4n) is 2.90. The van der Waals surface area contributed by atoms with Crippen LogP contribution in [0.3, 0.4) is 0 Å². The second-order valence-electron chi connectivity index (χ2n) is 5.67. The van der Waals surface area contributed by atoms with E-state index in [1.807, 2.05) is 26.0 Å². The molecule has 21 heavy (non-hydrogen) atoms. The molecule has 0 amide bonds. The number of H-pyrrole nitrogens is 1. The zero-order valence-corrected chi connectivity index (χ0v) is 12.7. The molecule has 0 aliphatic heterocycles. The van der Waals surface area contributed by atoms with Crippen LogP contribution in [0.1, 0.15) is 22.3 Å². The summed E-state index contributed by atoms with van der Waals surface area (Å²) in [6.07, 6.45) is 0. The van der Waals surface area contributed by atoms with Crippen LogP contribution in [0.4, 0.5) is 0 Å². The Hall–Kier alpha value is -2.42. The van der Waals surface area contributed by atoms with Crippen molar-refractivity contribution in [1.82, 2.24) is 10.2 Å². The van der Waals surface area contributed by atoms with E-state index >= 15 is 0 Å². The highest BCUT2D eigenvalue weighted by Gasteiger charge is 2.14. The molecular weight excluding hydrogens is 260 g/mol. The summed E-state index contributed by atoms with van der Waals surface area (Å²) in [5, 5.41) is 8.66. The minimum absolute atomic E-state index is 0.125. The Bertz CT molecular complexity index is 907. The zero-order valence-electron chi connectivity index (χ0n) is 12.7. The normalized spacial score (nSPS) is 11.0. The van der Waals surface area contributed by atoms with Gasteiger partial charge in [-0.2, -0.15) is 5.10 Å². The molecule has 0 atom stereocenters. The van der Waals surface area contributed by atoms with Gasteiger partial charge in [-0.1, -0.05) is 35.9 Å². The first-order valence-corrected chi connectivity index (χ1v) is 7.05. The molecule has 0 bridgehead atoms. The quantitative estimate of drug-likeness (QED) is 0.735. The molecule has 0 aliphatic rings. The van der Waals surface area contributed by atoms with E-state index in [-0.39, 0.29) is 5.56 Å². The van der Waals surface area contributed by atoms with E-state index in [0.29, 0.717) is 0 Å². The molecule has 3 rings (SSSR count). The number of fused-ring (bicyclic) bond motifs is 1. The maximum absolute atomic E-state index is 12.2. The lowest BCUT2D eigenvalue weighted by Crippen LogP contribution is -2.11. The molecule has 1 N–H and O–H groups in total. The molecule has 0 saturated heterocycles. The van der Waals surface area contributed by atoms with Gasteiger partial charge in [0.1, 0.15) is 0 Å². The van der Waals surface area contributed by atoms with E-state index in [9.17, 15) is 4.79 Å². The first kappa shape index (κ1) is 13.6. The number of aromatic nitrogens is 2. The number of hydrogen-bond donors (Lipinski definition) is 1. The van der Waals surface area contributed by atoms with Crippen molar-refractivity contribution in [2.75, 3.05) is 0 Å². The van der Waals surface area contributed by atoms with E-state index in [2.05, 4.69) is 42.2 Å². The number of benzene rings is 2. The summed E-state index contributed by atoms with van der Waals surface area (Å²) < 4.78 is 0. The van der Waals surface area contributed by atoms with E-state index in [1.54, 1.807) is 0 Å². The minimum Gasteiger partial charge on any atom is -0.267 e. The van der Waals surface area contributed by atoms with Crippen LogP contribution in [0.15, 0.2) is 35.1 Å². The van der Waals surface area contributed by atoms with Crippen molar-refractivity contribution in [2.45, 2.75) is 27.7 Å². The van der Waals surface area contributed by atoms with Crippen LogP contribution in [-0.2, 0) is 0 Å². The molecular formula is C18H18N2O. The second-order valence-corrected chi connectivity index (χ2v) is 5.67. The molecule has 0 saturated carbocycles. The second kappa shape index (κ2) is 4.85. The Labute approximate surface area is 123 Å². The van der Waals surface area contributed by atoms with Crippen LogP contribution in [0.2, 0.25) is 0 Å². The van der Waals surface area contributed by atoms with Crippen LogP contribution < -0.4 is 5.56 Å². The molecule has 3 aromatic rings. The van der Waals surface area contributed by atoms with Gasteiger partial charge >= 0.3 is 0 Å². The first-order valence-electron chi connectivity index (χ1n) is 7.05. The average Bonchev–Trinajstić information content (AvgIpc) is 2.44. The number of rotatable bonds is 1. The van der Waals surface area contributed by atoms with Crippen molar-refractivity contribution in [3.05, 3.63) is 62.9 Å². The third kappa shape index (κ3) is 2.15. The Morgan fingerprint density at radius 2 is 1.52 bits per heavy atom. The Balaban J connectivity index is 2.47. The molecule has 0 fully saturated rings. The summed E-state index contributed by atoms with van der Waals surface area (Å²) in [6, 6.07) is 10.3. The van der Waals surface area contributed by atoms with Crippen LogP contribution in [0.5, 0.6) is 0 Å². The fourth-order valence-corrected chi connectivity index (χ4v) is 2.90. The molecule has 1 heterocycles. The van der Waals surface area contributed by atoms with E-state index < -0.39 is 0 Å². The lowest BCUT2D eigenvalue weighted by Gasteiger charge is -2.12. The monoisotopic (exact) mass is 278 g/mol. The molecule has 0 unspecified atom stereocenters. The van der Waals surface area contributed by atoms with Gasteiger partial charge in [0.05, 0.1) is 11.1 Å². The van der Waals surface area contributed by atoms with E-state index in [1.165, 1.54) is 5.56 Å². The maximum Gasteiger partial charge on any atom is 0.272 e. The van der Waals surface area contributed by atoms with Crippen molar-refractivity contribution in [1.29, 1.82) is 0 Å². The SMILES string of the molecule is Cc1ccc(-c2n[nH]c(=O)c3c(C)ccc(C)c23)c(C)c1. The van der Waals surface area contributed by atoms with Crippen molar-refractivity contribution < 1.29 is 0 Å². The highest BCUT2D eigenvalue weighted by Crippen LogP contribution is 2.30. The van der Waals surface area contributed by atoms with Gasteiger partial charge in [0.2, 0.25) is 0 Å². The van der Waals surface area contributed by atoms with Gasteiger partial charge in [0, 0.05) is 10.9 Å². The Morgan fingerprint density at radius 3 is 2.19 bits per heavy atom. The number of aromatic amines is 1. The van der Waals surface area contributed by atoms with Crippen molar-refractivity contribution in [3.63, 3.8) is 0 Å². The first-order chi connectivity index (χ1) is 9.99. The van der Waals surface area contributed by atoms with Crippen LogP contribution in [0, 0.1) is 27.7 Å². The number of nitrogens with zero attached hydrogens (tertiary/aromatic N) is 1. The van der Waals surface area contributed by atoms with Crippen molar-refractivity contribution in [2.24, 2.45) is 0 Å². The Kier molecular flexibility index (Phi) is 3.13. The fraction of sp³-hybridized carbons (Fsp3) is 0.222. The van der Waals surface area contributed by atoms with Gasteiger partial charge in [-0.25, -0.2) is 5.10 Å². The molecule has 3 heteroatoms. The minimum atomic E-state index is -0.125. The van der Waals surface area contributed by atoms with Gasteiger partial charge in [0.25, 0.3) is 5.56 Å². The zero-order chi connectivity index (χ0) is 15.1. The predicted octanol–water partition coefficient (Wildman–Crippen LogP) is 3.82. The van der Waals surface area contributed by atoms with Gasteiger partial charge in [-0.3, -0.25) is 4.79 Å². The molecule has 1 aromatic heterocycles. The lowest BCUT2D eigenvalue weighted by atomic mass is 9.95. The molecule has 3 nitrogen and oxygen atoms in total. The number of hydrogen-bond acceptors (Lipinski definition) is 2. The van der Waals surface area contributed by atoms with Crippen LogP contribution in [-0.4, -0.2) is 10.2 Å². The third-order valence-corrected chi connectivity index (χ3v) is 3.99. The summed E-state index contributed by atoms with van der Waals surface area (Å²) in [5.41, 5.74) is 6.22.